The molecular formula is C6H12Br2. The first-order chi connectivity index (χ1) is 3.72. The van der Waals surface area contributed by atoms with Gasteiger partial charge in [-0.2, -0.15) is 0 Å². The fourth-order valence-electron chi connectivity index (χ4n) is 0.557. The van der Waals surface area contributed by atoms with Crippen LogP contribution >= 0.6 is 31.9 Å². The van der Waals surface area contributed by atoms with Crippen LogP contribution in [0.3, 0.4) is 0 Å². The lowest BCUT2D eigenvalue weighted by Gasteiger charge is -2.12. The Morgan fingerprint density at radius 3 is 2.00 bits per heavy atom. The molecule has 0 unspecified atom stereocenters. The molecule has 0 aromatic carbocycles. The molecule has 2 heteroatoms. The highest BCUT2D eigenvalue weighted by Gasteiger charge is 2.08. The lowest BCUT2D eigenvalue weighted by atomic mass is 10.1. The van der Waals surface area contributed by atoms with Gasteiger partial charge in [0.1, 0.15) is 0 Å². The van der Waals surface area contributed by atoms with E-state index in [0.29, 0.717) is 4.83 Å². The van der Waals surface area contributed by atoms with E-state index in [1.54, 1.807) is 0 Å². The van der Waals surface area contributed by atoms with Gasteiger partial charge in [0, 0.05) is 10.2 Å². The molecule has 0 radical (unpaired) electrons. The van der Waals surface area contributed by atoms with Crippen molar-refractivity contribution in [1.29, 1.82) is 0 Å². The average molecular weight is 244 g/mol. The lowest BCUT2D eigenvalue weighted by Crippen LogP contribution is -2.10. The normalized spacial score (nSPS) is 18.0. The van der Waals surface area contributed by atoms with Gasteiger partial charge in [-0.3, -0.25) is 0 Å². The molecule has 0 aliphatic heterocycles. The molecule has 0 rings (SSSR count). The first-order valence-corrected chi connectivity index (χ1v) is 4.96. The Balaban J connectivity index is 3.35. The summed E-state index contributed by atoms with van der Waals surface area (Å²) in [5.41, 5.74) is 0. The molecular weight excluding hydrogens is 232 g/mol. The number of alkyl halides is 2. The Morgan fingerprint density at radius 2 is 2.00 bits per heavy atom. The maximum absolute atomic E-state index is 3.53. The van der Waals surface area contributed by atoms with E-state index < -0.39 is 0 Å². The van der Waals surface area contributed by atoms with Crippen LogP contribution in [-0.4, -0.2) is 10.2 Å². The second-order valence-corrected chi connectivity index (χ2v) is 4.09. The summed E-state index contributed by atoms with van der Waals surface area (Å²) in [5, 5.41) is 1.11. The minimum atomic E-state index is 0.645. The van der Waals surface area contributed by atoms with Crippen LogP contribution in [0.1, 0.15) is 20.3 Å². The summed E-state index contributed by atoms with van der Waals surface area (Å²) in [4.78, 5) is 0.645. The summed E-state index contributed by atoms with van der Waals surface area (Å²) >= 11 is 6.98. The molecule has 0 spiro atoms. The highest BCUT2D eigenvalue weighted by molar-refractivity contribution is 9.10. The zero-order valence-electron chi connectivity index (χ0n) is 5.32. The summed E-state index contributed by atoms with van der Waals surface area (Å²) in [6.07, 6.45) is 1.25. The highest BCUT2D eigenvalue weighted by Crippen LogP contribution is 2.17. The van der Waals surface area contributed by atoms with Crippen molar-refractivity contribution in [3.05, 3.63) is 0 Å². The monoisotopic (exact) mass is 242 g/mol. The fraction of sp³-hybridized carbons (Fsp3) is 1.00. The van der Waals surface area contributed by atoms with Crippen molar-refractivity contribution in [3.8, 4) is 0 Å². The van der Waals surface area contributed by atoms with Gasteiger partial charge >= 0.3 is 0 Å². The molecule has 0 N–H and O–H groups in total. The fourth-order valence-corrected chi connectivity index (χ4v) is 2.64. The smallest absolute Gasteiger partial charge is 0.0153 e. The van der Waals surface area contributed by atoms with E-state index in [4.69, 9.17) is 0 Å². The number of rotatable bonds is 3. The summed E-state index contributed by atoms with van der Waals surface area (Å²) in [5.74, 6) is 0.787. The molecule has 0 aliphatic rings. The van der Waals surface area contributed by atoms with Gasteiger partial charge in [0.25, 0.3) is 0 Å². The van der Waals surface area contributed by atoms with Crippen LogP contribution in [0.25, 0.3) is 0 Å². The van der Waals surface area contributed by atoms with E-state index in [-0.39, 0.29) is 0 Å². The van der Waals surface area contributed by atoms with Crippen LogP contribution in [-0.2, 0) is 0 Å². The van der Waals surface area contributed by atoms with Crippen LogP contribution in [0, 0.1) is 5.92 Å². The minimum absolute atomic E-state index is 0.645. The molecule has 0 aromatic heterocycles. The molecule has 0 amide bonds. The van der Waals surface area contributed by atoms with Gasteiger partial charge in [-0.25, -0.2) is 0 Å². The van der Waals surface area contributed by atoms with Crippen molar-refractivity contribution in [3.63, 3.8) is 0 Å². The largest absolute Gasteiger partial charge is 0.0925 e. The molecule has 0 heterocycles. The minimum Gasteiger partial charge on any atom is -0.0925 e. The standard InChI is InChI=1S/C6H12Br2/c1-3-6(4-7)5(2)8/h5-6H,3-4H2,1-2H3/t5-,6+/m1/s1. The van der Waals surface area contributed by atoms with Crippen LogP contribution in [0.4, 0.5) is 0 Å². The molecule has 0 aliphatic carbocycles. The van der Waals surface area contributed by atoms with Gasteiger partial charge in [-0.15, -0.1) is 0 Å². The molecule has 0 saturated carbocycles. The van der Waals surface area contributed by atoms with E-state index in [2.05, 4.69) is 45.7 Å². The van der Waals surface area contributed by atoms with E-state index in [0.717, 1.165) is 11.2 Å². The van der Waals surface area contributed by atoms with Crippen LogP contribution in [0.2, 0.25) is 0 Å². The van der Waals surface area contributed by atoms with E-state index in [9.17, 15) is 0 Å². The number of hydrogen-bond donors (Lipinski definition) is 0. The Hall–Kier alpha value is 0.960. The third-order valence-electron chi connectivity index (χ3n) is 1.37. The first-order valence-electron chi connectivity index (χ1n) is 2.92. The average Bonchev–Trinajstić information content (AvgIpc) is 1.69. The Kier molecular flexibility index (Phi) is 5.38. The summed E-state index contributed by atoms with van der Waals surface area (Å²) in [6, 6.07) is 0. The topological polar surface area (TPSA) is 0 Å². The molecule has 0 nitrogen and oxygen atoms in total. The van der Waals surface area contributed by atoms with Crippen molar-refractivity contribution < 1.29 is 0 Å². The summed E-state index contributed by atoms with van der Waals surface area (Å²) in [7, 11) is 0. The maximum Gasteiger partial charge on any atom is 0.0153 e. The van der Waals surface area contributed by atoms with Crippen molar-refractivity contribution >= 4 is 31.9 Å². The number of halogens is 2. The maximum atomic E-state index is 3.53. The highest BCUT2D eigenvalue weighted by atomic mass is 79.9. The molecule has 0 saturated heterocycles. The van der Waals surface area contributed by atoms with Crippen molar-refractivity contribution in [1.82, 2.24) is 0 Å². The van der Waals surface area contributed by atoms with Crippen molar-refractivity contribution in [2.75, 3.05) is 5.33 Å². The quantitative estimate of drug-likeness (QED) is 0.668. The lowest BCUT2D eigenvalue weighted by molar-refractivity contribution is 0.577. The molecule has 0 bridgehead atoms. The van der Waals surface area contributed by atoms with Gasteiger partial charge in [0.05, 0.1) is 0 Å². The molecule has 8 heavy (non-hydrogen) atoms. The van der Waals surface area contributed by atoms with E-state index >= 15 is 0 Å². The zero-order valence-corrected chi connectivity index (χ0v) is 8.50. The Bertz CT molecular complexity index is 48.5. The SMILES string of the molecule is CC[C@@H](CBr)[C@@H](C)Br. The first kappa shape index (κ1) is 8.96. The van der Waals surface area contributed by atoms with E-state index in [1.807, 2.05) is 0 Å². The van der Waals surface area contributed by atoms with Gasteiger partial charge < -0.3 is 0 Å². The Morgan fingerprint density at radius 1 is 1.50 bits per heavy atom. The zero-order chi connectivity index (χ0) is 6.57. The predicted octanol–water partition coefficient (Wildman–Crippen LogP) is 3.19. The predicted molar refractivity (Wildman–Crippen MR) is 46.0 cm³/mol. The summed E-state index contributed by atoms with van der Waals surface area (Å²) < 4.78 is 0. The molecule has 50 valence electrons. The third kappa shape index (κ3) is 3.08. The summed E-state index contributed by atoms with van der Waals surface area (Å²) in [6.45, 7) is 4.40. The van der Waals surface area contributed by atoms with Gasteiger partial charge in [-0.1, -0.05) is 52.1 Å². The second-order valence-electron chi connectivity index (χ2n) is 2.00. The van der Waals surface area contributed by atoms with Crippen LogP contribution in [0.15, 0.2) is 0 Å². The molecule has 2 atom stereocenters. The molecule has 0 aromatic rings. The van der Waals surface area contributed by atoms with Crippen LogP contribution in [0.5, 0.6) is 0 Å². The van der Waals surface area contributed by atoms with Gasteiger partial charge in [0.15, 0.2) is 0 Å². The number of hydrogen-bond acceptors (Lipinski definition) is 0. The van der Waals surface area contributed by atoms with E-state index in [1.165, 1.54) is 6.42 Å². The van der Waals surface area contributed by atoms with Gasteiger partial charge in [0.2, 0.25) is 0 Å². The van der Waals surface area contributed by atoms with Gasteiger partial charge in [-0.05, 0) is 5.92 Å². The third-order valence-corrected chi connectivity index (χ3v) is 2.95. The van der Waals surface area contributed by atoms with Crippen molar-refractivity contribution in [2.24, 2.45) is 5.92 Å². The second kappa shape index (κ2) is 4.80. The Labute approximate surface area is 68.3 Å². The van der Waals surface area contributed by atoms with Crippen molar-refractivity contribution in [2.45, 2.75) is 25.1 Å². The van der Waals surface area contributed by atoms with Crippen LogP contribution < -0.4 is 0 Å². The molecule has 0 fully saturated rings.